The van der Waals surface area contributed by atoms with Gasteiger partial charge >= 0.3 is 6.09 Å². The van der Waals surface area contributed by atoms with Crippen molar-refractivity contribution < 1.29 is 14.3 Å². The number of ether oxygens (including phenoxy) is 2. The van der Waals surface area contributed by atoms with E-state index in [2.05, 4.69) is 5.10 Å². The topological polar surface area (TPSA) is 56.6 Å². The summed E-state index contributed by atoms with van der Waals surface area (Å²) in [6.07, 6.45) is 5.92. The molecule has 1 aliphatic heterocycles. The van der Waals surface area contributed by atoms with E-state index in [9.17, 15) is 4.79 Å². The van der Waals surface area contributed by atoms with E-state index in [-0.39, 0.29) is 12.2 Å². The lowest BCUT2D eigenvalue weighted by Crippen LogP contribution is -2.44. The van der Waals surface area contributed by atoms with Gasteiger partial charge in [0, 0.05) is 18.3 Å². The molecule has 1 aromatic heterocycles. The third-order valence-corrected chi connectivity index (χ3v) is 3.63. The van der Waals surface area contributed by atoms with E-state index < -0.39 is 5.60 Å². The lowest BCUT2D eigenvalue weighted by molar-refractivity contribution is -0.0433. The number of morpholine rings is 1. The zero-order valence-corrected chi connectivity index (χ0v) is 12.9. The first-order chi connectivity index (χ1) is 9.92. The fourth-order valence-corrected chi connectivity index (χ4v) is 2.40. The monoisotopic (exact) mass is 293 g/mol. The van der Waals surface area contributed by atoms with Crippen LogP contribution in [0.2, 0.25) is 0 Å². The molecule has 0 N–H and O–H groups in total. The van der Waals surface area contributed by atoms with Crippen LogP contribution < -0.4 is 0 Å². The maximum atomic E-state index is 12.1. The van der Waals surface area contributed by atoms with Gasteiger partial charge in [0.25, 0.3) is 0 Å². The molecule has 1 aliphatic carbocycles. The third kappa shape index (κ3) is 3.56. The first kappa shape index (κ1) is 14.4. The molecule has 0 spiro atoms. The average Bonchev–Trinajstić information content (AvgIpc) is 3.15. The third-order valence-electron chi connectivity index (χ3n) is 3.63. The van der Waals surface area contributed by atoms with E-state index >= 15 is 0 Å². The van der Waals surface area contributed by atoms with Crippen molar-refractivity contribution in [1.82, 2.24) is 14.7 Å². The number of hydrogen-bond acceptors (Lipinski definition) is 4. The van der Waals surface area contributed by atoms with Crippen molar-refractivity contribution in [2.75, 3.05) is 19.7 Å². The van der Waals surface area contributed by atoms with Crippen molar-refractivity contribution in [3.8, 4) is 0 Å². The van der Waals surface area contributed by atoms with Crippen molar-refractivity contribution >= 4 is 6.09 Å². The molecule has 6 heteroatoms. The number of hydrogen-bond donors (Lipinski definition) is 0. The van der Waals surface area contributed by atoms with Crippen LogP contribution in [0.15, 0.2) is 12.4 Å². The van der Waals surface area contributed by atoms with Gasteiger partial charge in [-0.15, -0.1) is 0 Å². The molecule has 6 nitrogen and oxygen atoms in total. The number of nitrogens with zero attached hydrogens (tertiary/aromatic N) is 3. The highest BCUT2D eigenvalue weighted by atomic mass is 16.6. The molecule has 21 heavy (non-hydrogen) atoms. The van der Waals surface area contributed by atoms with Gasteiger partial charge in [0.05, 0.1) is 25.4 Å². The van der Waals surface area contributed by atoms with Crippen LogP contribution in [0.3, 0.4) is 0 Å². The molecule has 3 rings (SSSR count). The van der Waals surface area contributed by atoms with Gasteiger partial charge in [-0.05, 0) is 33.6 Å². The fraction of sp³-hybridized carbons (Fsp3) is 0.733. The van der Waals surface area contributed by atoms with Crippen LogP contribution in [0.4, 0.5) is 4.79 Å². The molecule has 0 bridgehead atoms. The highest BCUT2D eigenvalue weighted by Crippen LogP contribution is 2.35. The number of aromatic nitrogens is 2. The first-order valence-electron chi connectivity index (χ1n) is 7.56. The zero-order chi connectivity index (χ0) is 15.0. The second-order valence-corrected chi connectivity index (χ2v) is 6.77. The summed E-state index contributed by atoms with van der Waals surface area (Å²) in [7, 11) is 0. The first-order valence-corrected chi connectivity index (χ1v) is 7.56. The Morgan fingerprint density at radius 1 is 1.43 bits per heavy atom. The number of carbonyl (C=O) groups excluding carboxylic acids is 1. The zero-order valence-electron chi connectivity index (χ0n) is 12.9. The molecule has 2 heterocycles. The maximum absolute atomic E-state index is 12.1. The Morgan fingerprint density at radius 2 is 2.19 bits per heavy atom. The summed E-state index contributed by atoms with van der Waals surface area (Å²) < 4.78 is 13.2. The van der Waals surface area contributed by atoms with Gasteiger partial charge in [0.15, 0.2) is 0 Å². The van der Waals surface area contributed by atoms with Gasteiger partial charge < -0.3 is 14.4 Å². The number of carbonyl (C=O) groups is 1. The van der Waals surface area contributed by atoms with Crippen LogP contribution in [0, 0.1) is 0 Å². The average molecular weight is 293 g/mol. The fourth-order valence-electron chi connectivity index (χ4n) is 2.40. The number of rotatable bonds is 2. The van der Waals surface area contributed by atoms with Gasteiger partial charge in [-0.25, -0.2) is 4.79 Å². The summed E-state index contributed by atoms with van der Waals surface area (Å²) in [5, 5.41) is 4.38. The minimum Gasteiger partial charge on any atom is -0.444 e. The van der Waals surface area contributed by atoms with E-state index in [1.54, 1.807) is 4.90 Å². The van der Waals surface area contributed by atoms with Crippen LogP contribution in [-0.4, -0.2) is 46.1 Å². The largest absolute Gasteiger partial charge is 0.444 e. The van der Waals surface area contributed by atoms with Crippen molar-refractivity contribution in [2.45, 2.75) is 51.4 Å². The Hall–Kier alpha value is -1.56. The lowest BCUT2D eigenvalue weighted by atomic mass is 10.1. The van der Waals surface area contributed by atoms with Crippen molar-refractivity contribution in [3.63, 3.8) is 0 Å². The smallest absolute Gasteiger partial charge is 0.410 e. The molecule has 0 aromatic carbocycles. The molecule has 116 valence electrons. The Morgan fingerprint density at radius 3 is 2.86 bits per heavy atom. The summed E-state index contributed by atoms with van der Waals surface area (Å²) in [5.74, 6) is 0. The van der Waals surface area contributed by atoms with E-state index in [4.69, 9.17) is 9.47 Å². The van der Waals surface area contributed by atoms with Crippen LogP contribution in [0.5, 0.6) is 0 Å². The molecule has 1 aromatic rings. The molecule has 0 unspecified atom stereocenters. The van der Waals surface area contributed by atoms with Crippen molar-refractivity contribution in [3.05, 3.63) is 18.0 Å². The van der Waals surface area contributed by atoms with Crippen molar-refractivity contribution in [1.29, 1.82) is 0 Å². The standard InChI is InChI=1S/C15H23N3O3/c1-15(2,3)21-14(19)17-6-7-20-13(10-17)11-8-16-18(9-11)12-4-5-12/h8-9,12-13H,4-7,10H2,1-3H3/t13-/m1/s1. The van der Waals surface area contributed by atoms with Crippen LogP contribution >= 0.6 is 0 Å². The Balaban J connectivity index is 1.63. The van der Waals surface area contributed by atoms with Crippen LogP contribution in [0.1, 0.15) is 51.3 Å². The highest BCUT2D eigenvalue weighted by Gasteiger charge is 2.31. The summed E-state index contributed by atoms with van der Waals surface area (Å²) in [4.78, 5) is 13.9. The molecule has 1 saturated heterocycles. The van der Waals surface area contributed by atoms with Gasteiger partial charge in [0.2, 0.25) is 0 Å². The molecule has 1 amide bonds. The van der Waals surface area contributed by atoms with Gasteiger partial charge in [-0.2, -0.15) is 5.10 Å². The van der Waals surface area contributed by atoms with Gasteiger partial charge in [0.1, 0.15) is 11.7 Å². The predicted octanol–water partition coefficient (Wildman–Crippen LogP) is 2.53. The van der Waals surface area contributed by atoms with Crippen LogP contribution in [0.25, 0.3) is 0 Å². The molecule has 0 radical (unpaired) electrons. The summed E-state index contributed by atoms with van der Waals surface area (Å²) >= 11 is 0. The van der Waals surface area contributed by atoms with E-state index in [1.165, 1.54) is 12.8 Å². The Bertz CT molecular complexity index is 516. The second-order valence-electron chi connectivity index (χ2n) is 6.77. The van der Waals surface area contributed by atoms with Gasteiger partial charge in [-0.3, -0.25) is 4.68 Å². The molecular formula is C15H23N3O3. The van der Waals surface area contributed by atoms with E-state index in [1.807, 2.05) is 37.8 Å². The molecular weight excluding hydrogens is 270 g/mol. The SMILES string of the molecule is CC(C)(C)OC(=O)N1CCO[C@@H](c2cnn(C3CC3)c2)C1. The Labute approximate surface area is 125 Å². The van der Waals surface area contributed by atoms with Gasteiger partial charge in [-0.1, -0.05) is 0 Å². The highest BCUT2D eigenvalue weighted by molar-refractivity contribution is 5.68. The molecule has 1 atom stereocenters. The minimum atomic E-state index is -0.470. The maximum Gasteiger partial charge on any atom is 0.410 e. The normalized spacial score (nSPS) is 23.2. The molecule has 2 fully saturated rings. The summed E-state index contributed by atoms with van der Waals surface area (Å²) in [5.41, 5.74) is 0.567. The minimum absolute atomic E-state index is 0.112. The second kappa shape index (κ2) is 5.33. The summed E-state index contributed by atoms with van der Waals surface area (Å²) in [6.45, 7) is 7.25. The van der Waals surface area contributed by atoms with E-state index in [0.29, 0.717) is 25.7 Å². The van der Waals surface area contributed by atoms with Crippen LogP contribution in [-0.2, 0) is 9.47 Å². The Kier molecular flexibility index (Phi) is 3.65. The quantitative estimate of drug-likeness (QED) is 0.841. The summed E-state index contributed by atoms with van der Waals surface area (Å²) in [6, 6.07) is 0.560. The van der Waals surface area contributed by atoms with E-state index in [0.717, 1.165) is 5.56 Å². The predicted molar refractivity (Wildman–Crippen MR) is 77.0 cm³/mol. The van der Waals surface area contributed by atoms with Crippen molar-refractivity contribution in [2.24, 2.45) is 0 Å². The lowest BCUT2D eigenvalue weighted by Gasteiger charge is -2.33. The molecule has 1 saturated carbocycles. The molecule has 2 aliphatic rings. The number of amides is 1.